The Labute approximate surface area is 175 Å². The largest absolute Gasteiger partial charge is 0.494 e. The number of hydrogen-bond donors (Lipinski definition) is 1. The van der Waals surface area contributed by atoms with Crippen molar-refractivity contribution in [2.24, 2.45) is 0 Å². The maximum Gasteiger partial charge on any atom is 0.384 e. The predicted molar refractivity (Wildman–Crippen MR) is 89.6 cm³/mol. The standard InChI is InChI=1S/C19H19F11O2/c1-3-4-8-32-12-7-5-6-11(9-12)13(2,31)10-14(20)15(21,22)17(25,26)19(29,30)18(27,28)16(14,23)24/h5-7,9,31H,3-4,8,10H2,1-2H3. The van der Waals surface area contributed by atoms with Gasteiger partial charge >= 0.3 is 29.6 Å². The summed E-state index contributed by atoms with van der Waals surface area (Å²) in [5, 5.41) is 10.4. The van der Waals surface area contributed by atoms with Crippen molar-refractivity contribution in [1.29, 1.82) is 0 Å². The topological polar surface area (TPSA) is 29.5 Å². The molecule has 1 fully saturated rings. The Morgan fingerprint density at radius 1 is 0.812 bits per heavy atom. The van der Waals surface area contributed by atoms with Gasteiger partial charge in [-0.15, -0.1) is 0 Å². The van der Waals surface area contributed by atoms with Crippen LogP contribution in [0.2, 0.25) is 0 Å². The van der Waals surface area contributed by atoms with Crippen LogP contribution >= 0.6 is 0 Å². The molecule has 1 saturated carbocycles. The summed E-state index contributed by atoms with van der Waals surface area (Å²) < 4.78 is 158. The van der Waals surface area contributed by atoms with E-state index in [0.29, 0.717) is 19.8 Å². The van der Waals surface area contributed by atoms with Crippen molar-refractivity contribution in [2.75, 3.05) is 6.61 Å². The minimum Gasteiger partial charge on any atom is -0.494 e. The molecule has 1 aromatic carbocycles. The van der Waals surface area contributed by atoms with Crippen LogP contribution in [0.25, 0.3) is 0 Å². The minimum absolute atomic E-state index is 0.0616. The third kappa shape index (κ3) is 3.33. The third-order valence-corrected chi connectivity index (χ3v) is 5.38. The monoisotopic (exact) mass is 488 g/mol. The van der Waals surface area contributed by atoms with Gasteiger partial charge < -0.3 is 9.84 Å². The number of alkyl halides is 11. The van der Waals surface area contributed by atoms with Crippen molar-refractivity contribution < 1.29 is 58.1 Å². The van der Waals surface area contributed by atoms with Crippen molar-refractivity contribution in [3.63, 3.8) is 0 Å². The van der Waals surface area contributed by atoms with E-state index in [-0.39, 0.29) is 12.4 Å². The third-order valence-electron chi connectivity index (χ3n) is 5.38. The lowest BCUT2D eigenvalue weighted by Crippen LogP contribution is -2.84. The van der Waals surface area contributed by atoms with E-state index in [0.717, 1.165) is 18.2 Å². The van der Waals surface area contributed by atoms with Gasteiger partial charge in [-0.05, 0) is 31.0 Å². The van der Waals surface area contributed by atoms with Gasteiger partial charge in [0.1, 0.15) is 5.75 Å². The highest BCUT2D eigenvalue weighted by atomic mass is 19.4. The molecule has 1 aliphatic carbocycles. The second-order valence-corrected chi connectivity index (χ2v) is 7.85. The number of benzene rings is 1. The molecule has 1 N–H and O–H groups in total. The molecule has 0 bridgehead atoms. The molecule has 0 radical (unpaired) electrons. The van der Waals surface area contributed by atoms with Gasteiger partial charge in [-0.25, -0.2) is 4.39 Å². The van der Waals surface area contributed by atoms with Crippen LogP contribution in [-0.2, 0) is 5.60 Å². The summed E-state index contributed by atoms with van der Waals surface area (Å²) in [6.45, 7) is 2.35. The summed E-state index contributed by atoms with van der Waals surface area (Å²) in [7, 11) is 0. The molecule has 13 heteroatoms. The van der Waals surface area contributed by atoms with Crippen LogP contribution in [0.4, 0.5) is 48.3 Å². The normalized spacial score (nSPS) is 26.2. The lowest BCUT2D eigenvalue weighted by atomic mass is 9.67. The molecule has 0 heterocycles. The van der Waals surface area contributed by atoms with E-state index in [1.807, 2.05) is 6.92 Å². The molecule has 184 valence electrons. The van der Waals surface area contributed by atoms with Gasteiger partial charge in [0.25, 0.3) is 5.67 Å². The second-order valence-electron chi connectivity index (χ2n) is 7.85. The average molecular weight is 488 g/mol. The van der Waals surface area contributed by atoms with Gasteiger partial charge in [-0.3, -0.25) is 0 Å². The Balaban J connectivity index is 2.57. The van der Waals surface area contributed by atoms with Crippen LogP contribution in [0.3, 0.4) is 0 Å². The molecular weight excluding hydrogens is 469 g/mol. The summed E-state index contributed by atoms with van der Waals surface area (Å²) >= 11 is 0. The molecule has 32 heavy (non-hydrogen) atoms. The van der Waals surface area contributed by atoms with Crippen LogP contribution in [0.5, 0.6) is 5.75 Å². The maximum absolute atomic E-state index is 15.0. The number of rotatable bonds is 7. The van der Waals surface area contributed by atoms with E-state index in [1.165, 1.54) is 6.07 Å². The number of unbranched alkanes of at least 4 members (excludes halogenated alkanes) is 1. The molecule has 1 unspecified atom stereocenters. The molecule has 0 spiro atoms. The molecule has 2 nitrogen and oxygen atoms in total. The fourth-order valence-electron chi connectivity index (χ4n) is 3.34. The minimum atomic E-state index is -7.29. The summed E-state index contributed by atoms with van der Waals surface area (Å²) in [6.07, 6.45) is -1.52. The number of ether oxygens (including phenoxy) is 1. The molecular formula is C19H19F11O2. The smallest absolute Gasteiger partial charge is 0.384 e. The van der Waals surface area contributed by atoms with Gasteiger partial charge in [-0.2, -0.15) is 43.9 Å². The molecule has 0 aromatic heterocycles. The highest BCUT2D eigenvalue weighted by Crippen LogP contribution is 2.71. The van der Waals surface area contributed by atoms with Crippen LogP contribution in [-0.4, -0.2) is 47.0 Å². The molecule has 1 atom stereocenters. The van der Waals surface area contributed by atoms with Crippen LogP contribution in [0, 0.1) is 0 Å². The van der Waals surface area contributed by atoms with Crippen LogP contribution in [0.1, 0.15) is 38.7 Å². The van der Waals surface area contributed by atoms with E-state index in [9.17, 15) is 49.0 Å². The van der Waals surface area contributed by atoms with E-state index in [2.05, 4.69) is 0 Å². The number of aliphatic hydroxyl groups is 1. The van der Waals surface area contributed by atoms with Gasteiger partial charge in [0, 0.05) is 6.42 Å². The Morgan fingerprint density at radius 2 is 1.28 bits per heavy atom. The van der Waals surface area contributed by atoms with E-state index < -0.39 is 52.9 Å². The van der Waals surface area contributed by atoms with Crippen LogP contribution < -0.4 is 4.74 Å². The Bertz CT molecular complexity index is 806. The second kappa shape index (κ2) is 7.63. The molecule has 0 saturated heterocycles. The first-order valence-electron chi connectivity index (χ1n) is 9.28. The Hall–Kier alpha value is -1.79. The first kappa shape index (κ1) is 26.5. The first-order valence-corrected chi connectivity index (χ1v) is 9.28. The van der Waals surface area contributed by atoms with Crippen molar-refractivity contribution in [2.45, 2.75) is 74.0 Å². The van der Waals surface area contributed by atoms with E-state index in [4.69, 9.17) is 4.74 Å². The van der Waals surface area contributed by atoms with Gasteiger partial charge in [0.15, 0.2) is 0 Å². The molecule has 0 amide bonds. The van der Waals surface area contributed by atoms with E-state index >= 15 is 4.39 Å². The summed E-state index contributed by atoms with van der Waals surface area (Å²) in [4.78, 5) is 0. The zero-order chi connectivity index (χ0) is 25.0. The average Bonchev–Trinajstić information content (AvgIpc) is 2.66. The molecule has 1 aromatic rings. The fraction of sp³-hybridized carbons (Fsp3) is 0.684. The Morgan fingerprint density at radius 3 is 1.75 bits per heavy atom. The predicted octanol–water partition coefficient (Wildman–Crippen LogP) is 6.36. The highest BCUT2D eigenvalue weighted by molar-refractivity contribution is 5.34. The SMILES string of the molecule is CCCCOc1cccc(C(C)(O)CC2(F)C(F)(F)C(F)(F)C(F)(F)C(F)(F)C2(F)F)c1. The fourth-order valence-corrected chi connectivity index (χ4v) is 3.34. The molecule has 2 rings (SSSR count). The first-order chi connectivity index (χ1) is 14.2. The van der Waals surface area contributed by atoms with Gasteiger partial charge in [0.05, 0.1) is 12.2 Å². The lowest BCUT2D eigenvalue weighted by molar-refractivity contribution is -0.488. The summed E-state index contributed by atoms with van der Waals surface area (Å²) in [6, 6.07) is 4.11. The maximum atomic E-state index is 15.0. The van der Waals surface area contributed by atoms with Crippen LogP contribution in [0.15, 0.2) is 24.3 Å². The van der Waals surface area contributed by atoms with Crippen molar-refractivity contribution in [3.8, 4) is 5.75 Å². The van der Waals surface area contributed by atoms with Gasteiger partial charge in [0.2, 0.25) is 0 Å². The quantitative estimate of drug-likeness (QED) is 0.358. The summed E-state index contributed by atoms with van der Waals surface area (Å²) in [5.74, 6) is -35.8. The van der Waals surface area contributed by atoms with Crippen molar-refractivity contribution in [1.82, 2.24) is 0 Å². The Kier molecular flexibility index (Phi) is 6.31. The van der Waals surface area contributed by atoms with Crippen molar-refractivity contribution >= 4 is 0 Å². The highest BCUT2D eigenvalue weighted by Gasteiger charge is 3.01. The van der Waals surface area contributed by atoms with E-state index in [1.54, 1.807) is 0 Å². The lowest BCUT2D eigenvalue weighted by Gasteiger charge is -2.53. The van der Waals surface area contributed by atoms with Gasteiger partial charge in [-0.1, -0.05) is 25.5 Å². The van der Waals surface area contributed by atoms with Crippen molar-refractivity contribution in [3.05, 3.63) is 29.8 Å². The molecule has 1 aliphatic rings. The number of hydrogen-bond acceptors (Lipinski definition) is 2. The zero-order valence-corrected chi connectivity index (χ0v) is 16.7. The number of halogens is 11. The summed E-state index contributed by atoms with van der Waals surface area (Å²) in [5.41, 5.74) is -10.1. The molecule has 0 aliphatic heterocycles. The zero-order valence-electron chi connectivity index (χ0n) is 16.7.